The molecule has 0 amide bonds. The Morgan fingerprint density at radius 3 is 2.29 bits per heavy atom. The SMILES string of the molecule is CCOc1cc(CNc2cc(C)ccc2C)cc(I)c1OS(=O)(=O)c1ccc(C)cc1. The summed E-state index contributed by atoms with van der Waals surface area (Å²) in [5, 5.41) is 3.45. The second-order valence-corrected chi connectivity index (χ2v) is 10.1. The summed E-state index contributed by atoms with van der Waals surface area (Å²) in [6.07, 6.45) is 0. The molecule has 0 aliphatic rings. The van der Waals surface area contributed by atoms with Crippen LogP contribution in [0.1, 0.15) is 29.2 Å². The monoisotopic (exact) mass is 551 g/mol. The zero-order valence-electron chi connectivity index (χ0n) is 18.0. The van der Waals surface area contributed by atoms with Crippen LogP contribution in [0.3, 0.4) is 0 Å². The number of hydrogen-bond donors (Lipinski definition) is 1. The van der Waals surface area contributed by atoms with E-state index in [9.17, 15) is 8.42 Å². The molecule has 0 bridgehead atoms. The maximum atomic E-state index is 12.8. The highest BCUT2D eigenvalue weighted by atomic mass is 127. The molecule has 0 atom stereocenters. The van der Waals surface area contributed by atoms with E-state index in [0.29, 0.717) is 22.5 Å². The average Bonchev–Trinajstić information content (AvgIpc) is 2.71. The van der Waals surface area contributed by atoms with Gasteiger partial charge in [0, 0.05) is 12.2 Å². The molecule has 0 unspecified atom stereocenters. The molecule has 31 heavy (non-hydrogen) atoms. The lowest BCUT2D eigenvalue weighted by Crippen LogP contribution is -2.12. The third-order valence-corrected chi connectivity index (χ3v) is 6.78. The van der Waals surface area contributed by atoms with Gasteiger partial charge in [-0.1, -0.05) is 29.8 Å². The molecule has 0 aliphatic carbocycles. The summed E-state index contributed by atoms with van der Waals surface area (Å²) < 4.78 is 37.5. The number of anilines is 1. The largest absolute Gasteiger partial charge is 0.490 e. The van der Waals surface area contributed by atoms with Crippen LogP contribution in [0.15, 0.2) is 59.5 Å². The first-order chi connectivity index (χ1) is 14.7. The van der Waals surface area contributed by atoms with E-state index in [1.165, 1.54) is 5.56 Å². The molecule has 3 aromatic carbocycles. The first-order valence-corrected chi connectivity index (χ1v) is 12.5. The first-order valence-electron chi connectivity index (χ1n) is 9.97. The van der Waals surface area contributed by atoms with Gasteiger partial charge in [-0.3, -0.25) is 0 Å². The minimum atomic E-state index is -3.97. The summed E-state index contributed by atoms with van der Waals surface area (Å²) in [6.45, 7) is 8.84. The molecule has 0 radical (unpaired) electrons. The Labute approximate surface area is 198 Å². The van der Waals surface area contributed by atoms with E-state index >= 15 is 0 Å². The van der Waals surface area contributed by atoms with Gasteiger partial charge in [-0.05, 0) is 97.3 Å². The Morgan fingerprint density at radius 2 is 1.61 bits per heavy atom. The van der Waals surface area contributed by atoms with Gasteiger partial charge in [0.2, 0.25) is 0 Å². The van der Waals surface area contributed by atoms with Crippen LogP contribution in [-0.2, 0) is 16.7 Å². The molecular formula is C24H26INO4S. The molecule has 3 rings (SSSR count). The van der Waals surface area contributed by atoms with Crippen LogP contribution >= 0.6 is 22.6 Å². The van der Waals surface area contributed by atoms with Crippen molar-refractivity contribution in [1.82, 2.24) is 0 Å². The quantitative estimate of drug-likeness (QED) is 0.275. The molecule has 0 saturated carbocycles. The third kappa shape index (κ3) is 5.92. The second-order valence-electron chi connectivity index (χ2n) is 7.36. The number of rotatable bonds is 8. The van der Waals surface area contributed by atoms with Gasteiger partial charge in [-0.15, -0.1) is 0 Å². The molecule has 0 aliphatic heterocycles. The van der Waals surface area contributed by atoms with E-state index in [4.69, 9.17) is 8.92 Å². The highest BCUT2D eigenvalue weighted by Gasteiger charge is 2.22. The fraction of sp³-hybridized carbons (Fsp3) is 0.250. The standard InChI is InChI=1S/C24H26INO4S/c1-5-29-23-14-19(15-26-22-12-17(3)6-9-18(22)4)13-21(25)24(23)30-31(27,28)20-10-7-16(2)8-11-20/h6-14,26H,5,15H2,1-4H3. The van der Waals surface area contributed by atoms with Crippen LogP contribution < -0.4 is 14.2 Å². The predicted molar refractivity (Wildman–Crippen MR) is 133 cm³/mol. The fourth-order valence-corrected chi connectivity index (χ4v) is 4.94. The van der Waals surface area contributed by atoms with Gasteiger partial charge in [0.1, 0.15) is 4.90 Å². The maximum absolute atomic E-state index is 12.8. The van der Waals surface area contributed by atoms with Crippen molar-refractivity contribution in [2.45, 2.75) is 39.1 Å². The lowest BCUT2D eigenvalue weighted by atomic mass is 10.1. The van der Waals surface area contributed by atoms with Crippen LogP contribution in [0.25, 0.3) is 0 Å². The van der Waals surface area contributed by atoms with Gasteiger partial charge in [0.15, 0.2) is 11.5 Å². The van der Waals surface area contributed by atoms with Crippen molar-refractivity contribution < 1.29 is 17.3 Å². The molecule has 0 fully saturated rings. The Bertz CT molecular complexity index is 1170. The van der Waals surface area contributed by atoms with Gasteiger partial charge >= 0.3 is 10.1 Å². The molecule has 0 spiro atoms. The molecule has 164 valence electrons. The summed E-state index contributed by atoms with van der Waals surface area (Å²) in [5.74, 6) is 0.612. The van der Waals surface area contributed by atoms with Gasteiger partial charge < -0.3 is 14.2 Å². The fourth-order valence-electron chi connectivity index (χ4n) is 3.05. The molecule has 0 saturated heterocycles. The highest BCUT2D eigenvalue weighted by Crippen LogP contribution is 2.36. The number of aryl methyl sites for hydroxylation is 3. The Kier molecular flexibility index (Phi) is 7.48. The van der Waals surface area contributed by atoms with Crippen molar-refractivity contribution >= 4 is 38.4 Å². The summed E-state index contributed by atoms with van der Waals surface area (Å²) in [6, 6.07) is 16.6. The Morgan fingerprint density at radius 1 is 0.935 bits per heavy atom. The average molecular weight is 551 g/mol. The van der Waals surface area contributed by atoms with Gasteiger partial charge in [-0.25, -0.2) is 0 Å². The van der Waals surface area contributed by atoms with Crippen LogP contribution in [0.5, 0.6) is 11.5 Å². The lowest BCUT2D eigenvalue weighted by molar-refractivity contribution is 0.326. The number of nitrogens with one attached hydrogen (secondary N) is 1. The minimum absolute atomic E-state index is 0.108. The van der Waals surface area contributed by atoms with Crippen molar-refractivity contribution in [3.8, 4) is 11.5 Å². The van der Waals surface area contributed by atoms with Crippen molar-refractivity contribution in [2.75, 3.05) is 11.9 Å². The molecule has 1 N–H and O–H groups in total. The Balaban J connectivity index is 1.88. The maximum Gasteiger partial charge on any atom is 0.339 e. The van der Waals surface area contributed by atoms with Gasteiger partial charge in [-0.2, -0.15) is 8.42 Å². The Hall–Kier alpha value is -2.26. The highest BCUT2D eigenvalue weighted by molar-refractivity contribution is 14.1. The summed E-state index contributed by atoms with van der Waals surface area (Å²) in [4.78, 5) is 0.108. The van der Waals surface area contributed by atoms with Crippen molar-refractivity contribution in [1.29, 1.82) is 0 Å². The van der Waals surface area contributed by atoms with Gasteiger partial charge in [0.05, 0.1) is 10.2 Å². The van der Waals surface area contributed by atoms with Crippen molar-refractivity contribution in [3.63, 3.8) is 0 Å². The van der Waals surface area contributed by atoms with E-state index in [0.717, 1.165) is 22.4 Å². The van der Waals surface area contributed by atoms with Crippen LogP contribution in [-0.4, -0.2) is 15.0 Å². The molecule has 7 heteroatoms. The molecule has 5 nitrogen and oxygen atoms in total. The van der Waals surface area contributed by atoms with E-state index in [-0.39, 0.29) is 10.6 Å². The number of hydrogen-bond acceptors (Lipinski definition) is 5. The normalized spacial score (nSPS) is 11.3. The molecular weight excluding hydrogens is 525 g/mol. The number of halogens is 1. The van der Waals surface area contributed by atoms with Crippen molar-refractivity contribution in [2.24, 2.45) is 0 Å². The number of ether oxygens (including phenoxy) is 1. The van der Waals surface area contributed by atoms with Crippen LogP contribution in [0.2, 0.25) is 0 Å². The topological polar surface area (TPSA) is 64.6 Å². The van der Waals surface area contributed by atoms with Crippen molar-refractivity contribution in [3.05, 3.63) is 80.4 Å². The predicted octanol–water partition coefficient (Wildman–Crippen LogP) is 5.99. The zero-order chi connectivity index (χ0) is 22.6. The summed E-state index contributed by atoms with van der Waals surface area (Å²) in [7, 11) is -3.97. The smallest absolute Gasteiger partial charge is 0.339 e. The summed E-state index contributed by atoms with van der Waals surface area (Å²) in [5.41, 5.74) is 5.35. The summed E-state index contributed by atoms with van der Waals surface area (Å²) >= 11 is 2.09. The lowest BCUT2D eigenvalue weighted by Gasteiger charge is -2.16. The minimum Gasteiger partial charge on any atom is -0.490 e. The van der Waals surface area contributed by atoms with Crippen LogP contribution in [0.4, 0.5) is 5.69 Å². The molecule has 0 heterocycles. The van der Waals surface area contributed by atoms with E-state index in [1.807, 2.05) is 26.0 Å². The number of benzene rings is 3. The third-order valence-electron chi connectivity index (χ3n) is 4.75. The molecule has 0 aromatic heterocycles. The molecule has 3 aromatic rings. The van der Waals surface area contributed by atoms with E-state index in [2.05, 4.69) is 60.0 Å². The second kappa shape index (κ2) is 9.91. The zero-order valence-corrected chi connectivity index (χ0v) is 21.0. The first kappa shape index (κ1) is 23.4. The van der Waals surface area contributed by atoms with Gasteiger partial charge in [0.25, 0.3) is 0 Å². The van der Waals surface area contributed by atoms with E-state index in [1.54, 1.807) is 24.3 Å². The van der Waals surface area contributed by atoms with E-state index < -0.39 is 10.1 Å². The van der Waals surface area contributed by atoms with Crippen LogP contribution in [0, 0.1) is 24.3 Å².